The zero-order valence-corrected chi connectivity index (χ0v) is 12.4. The number of hydrogen-bond acceptors (Lipinski definition) is 2. The van der Waals surface area contributed by atoms with Crippen LogP contribution in [0.4, 0.5) is 8.78 Å². The summed E-state index contributed by atoms with van der Waals surface area (Å²) in [6, 6.07) is 6.23. The Morgan fingerprint density at radius 3 is 2.43 bits per heavy atom. The molecule has 0 aromatic heterocycles. The van der Waals surface area contributed by atoms with Gasteiger partial charge in [-0.15, -0.1) is 0 Å². The van der Waals surface area contributed by atoms with E-state index in [1.807, 2.05) is 0 Å². The van der Waals surface area contributed by atoms with E-state index in [1.165, 1.54) is 12.1 Å². The van der Waals surface area contributed by atoms with Gasteiger partial charge in [-0.3, -0.25) is 0 Å². The Kier molecular flexibility index (Phi) is 4.80. The Balaban J connectivity index is 2.69. The van der Waals surface area contributed by atoms with E-state index in [0.717, 1.165) is 12.1 Å². The van der Waals surface area contributed by atoms with Crippen LogP contribution in [0.5, 0.6) is 0 Å². The van der Waals surface area contributed by atoms with Gasteiger partial charge in [0.1, 0.15) is 0 Å². The molecule has 2 aromatic rings. The van der Waals surface area contributed by atoms with Crippen LogP contribution in [0.2, 0.25) is 10.0 Å². The van der Waals surface area contributed by atoms with Crippen LogP contribution in [-0.2, 0) is 4.74 Å². The zero-order valence-electron chi connectivity index (χ0n) is 10.9. The Labute approximate surface area is 130 Å². The Bertz CT molecular complexity index is 702. The molecule has 0 N–H and O–H groups in total. The summed E-state index contributed by atoms with van der Waals surface area (Å²) in [6.45, 7) is 1.73. The maximum Gasteiger partial charge on any atom is 0.338 e. The van der Waals surface area contributed by atoms with E-state index in [-0.39, 0.29) is 22.8 Å². The van der Waals surface area contributed by atoms with E-state index < -0.39 is 17.6 Å². The molecule has 0 radical (unpaired) electrons. The van der Waals surface area contributed by atoms with Crippen LogP contribution in [0.1, 0.15) is 17.3 Å². The molecule has 0 spiro atoms. The fourth-order valence-electron chi connectivity index (χ4n) is 1.85. The van der Waals surface area contributed by atoms with Crippen LogP contribution in [0.25, 0.3) is 11.1 Å². The quantitative estimate of drug-likeness (QED) is 0.730. The van der Waals surface area contributed by atoms with E-state index in [2.05, 4.69) is 0 Å². The number of benzene rings is 2. The van der Waals surface area contributed by atoms with Crippen molar-refractivity contribution in [2.45, 2.75) is 6.92 Å². The van der Waals surface area contributed by atoms with Crippen LogP contribution in [0, 0.1) is 11.6 Å². The first-order valence-electron chi connectivity index (χ1n) is 6.05. The SMILES string of the molecule is CCOC(=O)c1cc(F)c(F)cc1-c1cc(Cl)ccc1Cl. The maximum atomic E-state index is 13.5. The summed E-state index contributed by atoms with van der Waals surface area (Å²) in [6.07, 6.45) is 0. The fourth-order valence-corrected chi connectivity index (χ4v) is 2.24. The summed E-state index contributed by atoms with van der Waals surface area (Å²) in [5, 5.41) is 0.616. The number of carbonyl (C=O) groups excluding carboxylic acids is 1. The summed E-state index contributed by atoms with van der Waals surface area (Å²) < 4.78 is 31.8. The summed E-state index contributed by atoms with van der Waals surface area (Å²) in [7, 11) is 0. The highest BCUT2D eigenvalue weighted by atomic mass is 35.5. The third kappa shape index (κ3) is 3.34. The number of esters is 1. The molecular formula is C15H10Cl2F2O2. The molecule has 0 aliphatic rings. The highest BCUT2D eigenvalue weighted by Gasteiger charge is 2.20. The minimum absolute atomic E-state index is 0.111. The van der Waals surface area contributed by atoms with Crippen molar-refractivity contribution in [2.24, 2.45) is 0 Å². The van der Waals surface area contributed by atoms with Crippen molar-refractivity contribution in [3.05, 3.63) is 57.6 Å². The fraction of sp³-hybridized carbons (Fsp3) is 0.133. The summed E-state index contributed by atoms with van der Waals surface area (Å²) in [5.41, 5.74) is 0.339. The highest BCUT2D eigenvalue weighted by Crippen LogP contribution is 2.34. The van der Waals surface area contributed by atoms with Crippen molar-refractivity contribution in [1.82, 2.24) is 0 Å². The van der Waals surface area contributed by atoms with Gasteiger partial charge in [-0.25, -0.2) is 13.6 Å². The molecule has 0 unspecified atom stereocenters. The molecule has 0 atom stereocenters. The Morgan fingerprint density at radius 1 is 1.10 bits per heavy atom. The van der Waals surface area contributed by atoms with E-state index in [1.54, 1.807) is 13.0 Å². The van der Waals surface area contributed by atoms with Crippen LogP contribution in [-0.4, -0.2) is 12.6 Å². The molecule has 0 aliphatic heterocycles. The molecule has 0 saturated carbocycles. The van der Waals surface area contributed by atoms with Gasteiger partial charge >= 0.3 is 5.97 Å². The average molecular weight is 331 g/mol. The second-order valence-corrected chi connectivity index (χ2v) is 5.00. The summed E-state index contributed by atoms with van der Waals surface area (Å²) >= 11 is 11.9. The van der Waals surface area contributed by atoms with Crippen molar-refractivity contribution < 1.29 is 18.3 Å². The van der Waals surface area contributed by atoms with Gasteiger partial charge in [-0.2, -0.15) is 0 Å². The lowest BCUT2D eigenvalue weighted by Crippen LogP contribution is -2.08. The molecule has 21 heavy (non-hydrogen) atoms. The minimum atomic E-state index is -1.14. The Hall–Kier alpha value is -1.65. The molecule has 2 aromatic carbocycles. The molecule has 0 aliphatic carbocycles. The molecule has 6 heteroatoms. The molecule has 0 heterocycles. The maximum absolute atomic E-state index is 13.5. The Morgan fingerprint density at radius 2 is 1.76 bits per heavy atom. The molecule has 0 fully saturated rings. The number of hydrogen-bond donors (Lipinski definition) is 0. The van der Waals surface area contributed by atoms with Gasteiger partial charge in [0.25, 0.3) is 0 Å². The van der Waals surface area contributed by atoms with Crippen molar-refractivity contribution in [3.8, 4) is 11.1 Å². The molecule has 2 nitrogen and oxygen atoms in total. The largest absolute Gasteiger partial charge is 0.462 e. The van der Waals surface area contributed by atoms with E-state index in [0.29, 0.717) is 10.6 Å². The second kappa shape index (κ2) is 6.41. The van der Waals surface area contributed by atoms with E-state index in [9.17, 15) is 13.6 Å². The standard InChI is InChI=1S/C15H10Cl2F2O2/c1-2-21-15(20)11-7-14(19)13(18)6-9(11)10-5-8(16)3-4-12(10)17/h3-7H,2H2,1H3. The molecule has 0 saturated heterocycles. The first-order chi connectivity index (χ1) is 9.93. The first kappa shape index (κ1) is 15.7. The van der Waals surface area contributed by atoms with Crippen LogP contribution < -0.4 is 0 Å². The predicted molar refractivity (Wildman–Crippen MR) is 77.8 cm³/mol. The topological polar surface area (TPSA) is 26.3 Å². The molecule has 0 amide bonds. The van der Waals surface area contributed by atoms with Gasteiger partial charge in [0, 0.05) is 21.2 Å². The van der Waals surface area contributed by atoms with E-state index >= 15 is 0 Å². The lowest BCUT2D eigenvalue weighted by molar-refractivity contribution is 0.0526. The predicted octanol–water partition coefficient (Wildman–Crippen LogP) is 5.12. The van der Waals surface area contributed by atoms with Gasteiger partial charge in [0.2, 0.25) is 0 Å². The monoisotopic (exact) mass is 330 g/mol. The highest BCUT2D eigenvalue weighted by molar-refractivity contribution is 6.35. The van der Waals surface area contributed by atoms with Crippen molar-refractivity contribution in [2.75, 3.05) is 6.61 Å². The summed E-state index contributed by atoms with van der Waals surface area (Å²) in [4.78, 5) is 11.9. The zero-order chi connectivity index (χ0) is 15.6. The van der Waals surface area contributed by atoms with Crippen molar-refractivity contribution in [3.63, 3.8) is 0 Å². The third-order valence-corrected chi connectivity index (χ3v) is 3.34. The van der Waals surface area contributed by atoms with E-state index in [4.69, 9.17) is 27.9 Å². The number of halogens is 4. The van der Waals surface area contributed by atoms with Crippen molar-refractivity contribution >= 4 is 29.2 Å². The molecular weight excluding hydrogens is 321 g/mol. The summed E-state index contributed by atoms with van der Waals surface area (Å²) in [5.74, 6) is -2.99. The number of rotatable bonds is 3. The second-order valence-electron chi connectivity index (χ2n) is 4.16. The molecule has 0 bridgehead atoms. The third-order valence-electron chi connectivity index (χ3n) is 2.77. The minimum Gasteiger partial charge on any atom is -0.462 e. The van der Waals surface area contributed by atoms with Gasteiger partial charge in [0.05, 0.1) is 12.2 Å². The lowest BCUT2D eigenvalue weighted by Gasteiger charge is -2.11. The normalized spacial score (nSPS) is 10.5. The van der Waals surface area contributed by atoms with Gasteiger partial charge < -0.3 is 4.74 Å². The lowest BCUT2D eigenvalue weighted by atomic mass is 9.99. The van der Waals surface area contributed by atoms with Crippen LogP contribution in [0.3, 0.4) is 0 Å². The van der Waals surface area contributed by atoms with Gasteiger partial charge in [0.15, 0.2) is 11.6 Å². The number of ether oxygens (including phenoxy) is 1. The van der Waals surface area contributed by atoms with Crippen LogP contribution in [0.15, 0.2) is 30.3 Å². The van der Waals surface area contributed by atoms with Gasteiger partial charge in [-0.05, 0) is 37.3 Å². The van der Waals surface area contributed by atoms with Gasteiger partial charge in [-0.1, -0.05) is 23.2 Å². The average Bonchev–Trinajstić information content (AvgIpc) is 2.44. The number of carbonyl (C=O) groups is 1. The molecule has 110 valence electrons. The molecule has 2 rings (SSSR count). The van der Waals surface area contributed by atoms with Crippen LogP contribution >= 0.6 is 23.2 Å². The van der Waals surface area contributed by atoms with Crippen molar-refractivity contribution in [1.29, 1.82) is 0 Å². The first-order valence-corrected chi connectivity index (χ1v) is 6.81. The smallest absolute Gasteiger partial charge is 0.338 e.